The summed E-state index contributed by atoms with van der Waals surface area (Å²) < 4.78 is 1.75. The molecule has 104 valence electrons. The molecule has 1 aliphatic heterocycles. The Morgan fingerprint density at radius 3 is 2.75 bits per heavy atom. The summed E-state index contributed by atoms with van der Waals surface area (Å²) in [6.45, 7) is 4.50. The summed E-state index contributed by atoms with van der Waals surface area (Å²) in [7, 11) is 1.86. The van der Waals surface area contributed by atoms with Gasteiger partial charge in [0.05, 0.1) is 11.3 Å². The van der Waals surface area contributed by atoms with E-state index in [-0.39, 0.29) is 5.91 Å². The zero-order valence-corrected chi connectivity index (χ0v) is 12.0. The van der Waals surface area contributed by atoms with Crippen LogP contribution < -0.4 is 10.6 Å². The third-order valence-electron chi connectivity index (χ3n) is 3.97. The number of hydrogen-bond acceptors (Lipinski definition) is 3. The molecule has 20 heavy (non-hydrogen) atoms. The highest BCUT2D eigenvalue weighted by Crippen LogP contribution is 2.31. The highest BCUT2D eigenvalue weighted by atomic mass is 16.2. The van der Waals surface area contributed by atoms with E-state index in [0.717, 1.165) is 34.7 Å². The predicted molar refractivity (Wildman–Crippen MR) is 78.9 cm³/mol. The number of aromatic nitrogens is 2. The fourth-order valence-corrected chi connectivity index (χ4v) is 2.85. The number of nitrogens with two attached hydrogens (primary N) is 1. The molecule has 0 saturated carbocycles. The van der Waals surface area contributed by atoms with Crippen LogP contribution in [0.15, 0.2) is 18.2 Å². The molecular weight excluding hydrogens is 252 g/mol. The van der Waals surface area contributed by atoms with E-state index in [2.05, 4.69) is 5.10 Å². The molecule has 0 saturated heterocycles. The van der Waals surface area contributed by atoms with Gasteiger partial charge in [-0.1, -0.05) is 0 Å². The van der Waals surface area contributed by atoms with Gasteiger partial charge in [-0.3, -0.25) is 9.48 Å². The average molecular weight is 270 g/mol. The Kier molecular flexibility index (Phi) is 2.78. The van der Waals surface area contributed by atoms with Gasteiger partial charge in [-0.2, -0.15) is 5.10 Å². The molecule has 5 heteroatoms. The Bertz CT molecular complexity index is 702. The number of carbonyl (C=O) groups is 1. The normalized spacial score (nSPS) is 13.7. The maximum atomic E-state index is 12.8. The van der Waals surface area contributed by atoms with Crippen LogP contribution in [-0.4, -0.2) is 22.2 Å². The maximum absolute atomic E-state index is 12.8. The van der Waals surface area contributed by atoms with E-state index >= 15 is 0 Å². The Morgan fingerprint density at radius 1 is 1.35 bits per heavy atom. The quantitative estimate of drug-likeness (QED) is 0.804. The second-order valence-corrected chi connectivity index (χ2v) is 5.26. The van der Waals surface area contributed by atoms with Crippen LogP contribution >= 0.6 is 0 Å². The highest BCUT2D eigenvalue weighted by Gasteiger charge is 2.29. The van der Waals surface area contributed by atoms with Crippen molar-refractivity contribution in [1.29, 1.82) is 0 Å². The molecule has 1 amide bonds. The molecule has 0 spiro atoms. The van der Waals surface area contributed by atoms with Crippen molar-refractivity contribution in [3.05, 3.63) is 40.7 Å². The Hall–Kier alpha value is -2.30. The standard InChI is InChI=1S/C15H18N4O/c1-9-14(10(2)18(3)17-9)15(20)19-7-6-11-8-12(16)4-5-13(11)19/h4-5,8H,6-7,16H2,1-3H3. The molecule has 2 aromatic rings. The molecule has 1 aromatic carbocycles. The van der Waals surface area contributed by atoms with E-state index in [1.54, 1.807) is 4.68 Å². The van der Waals surface area contributed by atoms with Gasteiger partial charge in [0.25, 0.3) is 5.91 Å². The number of hydrogen-bond donors (Lipinski definition) is 1. The van der Waals surface area contributed by atoms with Crippen LogP contribution in [0.1, 0.15) is 27.3 Å². The zero-order chi connectivity index (χ0) is 14.4. The van der Waals surface area contributed by atoms with Gasteiger partial charge in [0.1, 0.15) is 0 Å². The molecule has 0 unspecified atom stereocenters. The van der Waals surface area contributed by atoms with Crippen LogP contribution in [-0.2, 0) is 13.5 Å². The summed E-state index contributed by atoms with van der Waals surface area (Å²) in [6, 6.07) is 5.72. The topological polar surface area (TPSA) is 64.2 Å². The summed E-state index contributed by atoms with van der Waals surface area (Å²) in [5.74, 6) is 0.0246. The summed E-state index contributed by atoms with van der Waals surface area (Å²) in [5.41, 5.74) is 11.0. The number of benzene rings is 1. The fraction of sp³-hybridized carbons (Fsp3) is 0.333. The molecule has 0 aliphatic carbocycles. The van der Waals surface area contributed by atoms with Gasteiger partial charge in [-0.05, 0) is 44.0 Å². The van der Waals surface area contributed by atoms with Gasteiger partial charge in [0.2, 0.25) is 0 Å². The first-order chi connectivity index (χ1) is 9.49. The Labute approximate surface area is 118 Å². The van der Waals surface area contributed by atoms with E-state index in [4.69, 9.17) is 5.73 Å². The Morgan fingerprint density at radius 2 is 2.10 bits per heavy atom. The maximum Gasteiger partial charge on any atom is 0.262 e. The lowest BCUT2D eigenvalue weighted by Crippen LogP contribution is -2.29. The van der Waals surface area contributed by atoms with Crippen LogP contribution in [0.5, 0.6) is 0 Å². The lowest BCUT2D eigenvalue weighted by molar-refractivity contribution is 0.0988. The number of anilines is 2. The third-order valence-corrected chi connectivity index (χ3v) is 3.97. The minimum Gasteiger partial charge on any atom is -0.399 e. The monoisotopic (exact) mass is 270 g/mol. The van der Waals surface area contributed by atoms with Crippen molar-refractivity contribution >= 4 is 17.3 Å². The summed E-state index contributed by atoms with van der Waals surface area (Å²) in [4.78, 5) is 14.6. The van der Waals surface area contributed by atoms with E-state index in [9.17, 15) is 4.79 Å². The zero-order valence-electron chi connectivity index (χ0n) is 12.0. The lowest BCUT2D eigenvalue weighted by atomic mass is 10.1. The van der Waals surface area contributed by atoms with Crippen molar-refractivity contribution in [2.75, 3.05) is 17.2 Å². The van der Waals surface area contributed by atoms with Crippen molar-refractivity contribution < 1.29 is 4.79 Å². The number of aryl methyl sites for hydroxylation is 2. The summed E-state index contributed by atoms with van der Waals surface area (Å²) in [6.07, 6.45) is 0.852. The average Bonchev–Trinajstić information content (AvgIpc) is 2.91. The van der Waals surface area contributed by atoms with Crippen LogP contribution in [0.25, 0.3) is 0 Å². The van der Waals surface area contributed by atoms with Gasteiger partial charge in [-0.25, -0.2) is 0 Å². The molecule has 0 radical (unpaired) electrons. The first kappa shape index (κ1) is 12.7. The second-order valence-electron chi connectivity index (χ2n) is 5.26. The molecule has 5 nitrogen and oxygen atoms in total. The van der Waals surface area contributed by atoms with E-state index < -0.39 is 0 Å². The summed E-state index contributed by atoms with van der Waals surface area (Å²) in [5, 5.41) is 4.32. The van der Waals surface area contributed by atoms with Crippen molar-refractivity contribution in [2.45, 2.75) is 20.3 Å². The molecule has 1 aromatic heterocycles. The van der Waals surface area contributed by atoms with Gasteiger partial charge in [-0.15, -0.1) is 0 Å². The number of amides is 1. The minimum absolute atomic E-state index is 0.0246. The van der Waals surface area contributed by atoms with Crippen LogP contribution in [0.2, 0.25) is 0 Å². The lowest BCUT2D eigenvalue weighted by Gasteiger charge is -2.17. The second kappa shape index (κ2) is 4.37. The van der Waals surface area contributed by atoms with Crippen LogP contribution in [0.4, 0.5) is 11.4 Å². The van der Waals surface area contributed by atoms with Crippen molar-refractivity contribution in [3.8, 4) is 0 Å². The number of nitrogen functional groups attached to an aromatic ring is 1. The minimum atomic E-state index is 0.0246. The highest BCUT2D eigenvalue weighted by molar-refractivity contribution is 6.08. The van der Waals surface area contributed by atoms with Gasteiger partial charge in [0.15, 0.2) is 0 Å². The number of nitrogens with zero attached hydrogens (tertiary/aromatic N) is 3. The molecule has 0 bridgehead atoms. The van der Waals surface area contributed by atoms with Gasteiger partial charge < -0.3 is 10.6 Å². The number of carbonyl (C=O) groups excluding carboxylic acids is 1. The van der Waals surface area contributed by atoms with Gasteiger partial charge in [0, 0.05) is 30.7 Å². The molecule has 2 N–H and O–H groups in total. The molecule has 2 heterocycles. The van der Waals surface area contributed by atoms with Gasteiger partial charge >= 0.3 is 0 Å². The summed E-state index contributed by atoms with van der Waals surface area (Å²) >= 11 is 0. The number of rotatable bonds is 1. The first-order valence-electron chi connectivity index (χ1n) is 6.69. The van der Waals surface area contributed by atoms with Crippen LogP contribution in [0, 0.1) is 13.8 Å². The molecule has 3 rings (SSSR count). The molecular formula is C15H18N4O. The van der Waals surface area contributed by atoms with Crippen molar-refractivity contribution in [1.82, 2.24) is 9.78 Å². The SMILES string of the molecule is Cc1nn(C)c(C)c1C(=O)N1CCc2cc(N)ccc21. The molecule has 0 atom stereocenters. The first-order valence-corrected chi connectivity index (χ1v) is 6.69. The van der Waals surface area contributed by atoms with Crippen molar-refractivity contribution in [2.24, 2.45) is 7.05 Å². The number of fused-ring (bicyclic) bond motifs is 1. The van der Waals surface area contributed by atoms with Crippen LogP contribution in [0.3, 0.4) is 0 Å². The van der Waals surface area contributed by atoms with E-state index in [1.165, 1.54) is 0 Å². The third kappa shape index (κ3) is 1.78. The van der Waals surface area contributed by atoms with E-state index in [0.29, 0.717) is 12.1 Å². The predicted octanol–water partition coefficient (Wildman–Crippen LogP) is 1.82. The molecule has 0 fully saturated rings. The van der Waals surface area contributed by atoms with E-state index in [1.807, 2.05) is 44.0 Å². The largest absolute Gasteiger partial charge is 0.399 e. The smallest absolute Gasteiger partial charge is 0.262 e. The van der Waals surface area contributed by atoms with Crippen molar-refractivity contribution in [3.63, 3.8) is 0 Å². The molecule has 1 aliphatic rings. The fourth-order valence-electron chi connectivity index (χ4n) is 2.85. The Balaban J connectivity index is 2.02.